The number of carbonyl (C=O) groups excluding carboxylic acids is 2. The van der Waals surface area contributed by atoms with E-state index in [2.05, 4.69) is 21.9 Å². The molecule has 7 nitrogen and oxygen atoms in total. The van der Waals surface area contributed by atoms with Crippen LogP contribution in [-0.4, -0.2) is 69.8 Å². The summed E-state index contributed by atoms with van der Waals surface area (Å²) >= 11 is 0. The molecular weight excluding hydrogens is 394 g/mol. The summed E-state index contributed by atoms with van der Waals surface area (Å²) in [7, 11) is 1.66. The fourth-order valence-electron chi connectivity index (χ4n) is 3.72. The molecule has 0 saturated carbocycles. The summed E-state index contributed by atoms with van der Waals surface area (Å²) in [6.07, 6.45) is 0.961. The second kappa shape index (κ2) is 11.4. The van der Waals surface area contributed by atoms with Gasteiger partial charge in [0.15, 0.2) is 0 Å². The summed E-state index contributed by atoms with van der Waals surface area (Å²) < 4.78 is 10.3. The van der Waals surface area contributed by atoms with Crippen LogP contribution in [0.1, 0.15) is 13.3 Å². The zero-order valence-corrected chi connectivity index (χ0v) is 18.3. The Hall–Kier alpha value is -3.06. The van der Waals surface area contributed by atoms with Gasteiger partial charge >= 0.3 is 5.97 Å². The lowest BCUT2D eigenvalue weighted by Gasteiger charge is -2.26. The van der Waals surface area contributed by atoms with Gasteiger partial charge in [0.2, 0.25) is 5.91 Å². The first-order chi connectivity index (χ1) is 15.1. The minimum atomic E-state index is -0.402. The van der Waals surface area contributed by atoms with Crippen molar-refractivity contribution in [3.63, 3.8) is 0 Å². The molecule has 1 amide bonds. The van der Waals surface area contributed by atoms with Crippen molar-refractivity contribution in [2.45, 2.75) is 13.3 Å². The predicted octanol–water partition coefficient (Wildman–Crippen LogP) is 2.80. The number of para-hydroxylation sites is 1. The molecule has 1 fully saturated rings. The van der Waals surface area contributed by atoms with E-state index in [9.17, 15) is 9.59 Å². The van der Waals surface area contributed by atoms with Crippen LogP contribution in [0.15, 0.2) is 54.6 Å². The Balaban J connectivity index is 1.62. The minimum absolute atomic E-state index is 0.0809. The summed E-state index contributed by atoms with van der Waals surface area (Å²) in [6, 6.07) is 17.4. The number of methoxy groups -OCH3 is 1. The van der Waals surface area contributed by atoms with Gasteiger partial charge in [-0.1, -0.05) is 18.2 Å². The third-order valence-corrected chi connectivity index (χ3v) is 5.35. The molecule has 0 spiro atoms. The van der Waals surface area contributed by atoms with Crippen LogP contribution >= 0.6 is 0 Å². The van der Waals surface area contributed by atoms with Gasteiger partial charge in [-0.15, -0.1) is 0 Å². The molecule has 0 unspecified atom stereocenters. The number of rotatable bonds is 8. The molecule has 2 aromatic rings. The number of esters is 1. The predicted molar refractivity (Wildman–Crippen MR) is 122 cm³/mol. The van der Waals surface area contributed by atoms with Crippen molar-refractivity contribution >= 4 is 23.3 Å². The summed E-state index contributed by atoms with van der Waals surface area (Å²) in [6.45, 7) is 5.62. The summed E-state index contributed by atoms with van der Waals surface area (Å²) in [4.78, 5) is 31.2. The number of amides is 1. The number of anilines is 2. The smallest absolute Gasteiger partial charge is 0.326 e. The maximum atomic E-state index is 13.1. The summed E-state index contributed by atoms with van der Waals surface area (Å²) in [5, 5.41) is 0. The average molecular weight is 426 g/mol. The second-order valence-electron chi connectivity index (χ2n) is 7.44. The van der Waals surface area contributed by atoms with Gasteiger partial charge in [0.05, 0.1) is 20.3 Å². The molecule has 1 saturated heterocycles. The first kappa shape index (κ1) is 22.6. The van der Waals surface area contributed by atoms with Crippen LogP contribution in [0.5, 0.6) is 5.75 Å². The molecule has 1 aliphatic rings. The molecule has 0 atom stereocenters. The van der Waals surface area contributed by atoms with E-state index in [1.807, 2.05) is 42.5 Å². The summed E-state index contributed by atoms with van der Waals surface area (Å²) in [5.74, 6) is 0.340. The van der Waals surface area contributed by atoms with Crippen LogP contribution in [-0.2, 0) is 14.3 Å². The van der Waals surface area contributed by atoms with Crippen molar-refractivity contribution in [3.8, 4) is 5.75 Å². The molecule has 31 heavy (non-hydrogen) atoms. The molecule has 2 aromatic carbocycles. The Labute approximate surface area is 184 Å². The lowest BCUT2D eigenvalue weighted by Crippen LogP contribution is -2.44. The number of ether oxygens (including phenoxy) is 2. The maximum absolute atomic E-state index is 13.1. The van der Waals surface area contributed by atoms with Gasteiger partial charge in [0.1, 0.15) is 12.3 Å². The van der Waals surface area contributed by atoms with Gasteiger partial charge < -0.3 is 19.3 Å². The zero-order chi connectivity index (χ0) is 22.1. The van der Waals surface area contributed by atoms with Crippen molar-refractivity contribution in [1.82, 2.24) is 4.90 Å². The Morgan fingerprint density at radius 1 is 0.968 bits per heavy atom. The van der Waals surface area contributed by atoms with Crippen LogP contribution in [0.2, 0.25) is 0 Å². The summed E-state index contributed by atoms with van der Waals surface area (Å²) in [5.41, 5.74) is 1.86. The van der Waals surface area contributed by atoms with Gasteiger partial charge in [0, 0.05) is 37.6 Å². The molecule has 0 radical (unpaired) electrons. The van der Waals surface area contributed by atoms with Crippen molar-refractivity contribution in [3.05, 3.63) is 54.6 Å². The first-order valence-electron chi connectivity index (χ1n) is 10.7. The third kappa shape index (κ3) is 6.46. The van der Waals surface area contributed by atoms with Gasteiger partial charge in [-0.3, -0.25) is 14.5 Å². The van der Waals surface area contributed by atoms with E-state index >= 15 is 0 Å². The second-order valence-corrected chi connectivity index (χ2v) is 7.44. The lowest BCUT2D eigenvalue weighted by atomic mass is 10.2. The third-order valence-electron chi connectivity index (χ3n) is 5.35. The van der Waals surface area contributed by atoms with Crippen molar-refractivity contribution in [1.29, 1.82) is 0 Å². The highest BCUT2D eigenvalue weighted by atomic mass is 16.5. The number of hydrogen-bond acceptors (Lipinski definition) is 6. The maximum Gasteiger partial charge on any atom is 0.326 e. The number of hydrogen-bond donors (Lipinski definition) is 0. The first-order valence-corrected chi connectivity index (χ1v) is 10.7. The fraction of sp³-hybridized carbons (Fsp3) is 0.417. The van der Waals surface area contributed by atoms with Crippen molar-refractivity contribution in [2.24, 2.45) is 0 Å². The normalized spacial score (nSPS) is 14.6. The fourth-order valence-corrected chi connectivity index (χ4v) is 3.72. The Morgan fingerprint density at radius 3 is 2.39 bits per heavy atom. The van der Waals surface area contributed by atoms with Crippen LogP contribution in [0.3, 0.4) is 0 Å². The van der Waals surface area contributed by atoms with Crippen LogP contribution < -0.4 is 14.5 Å². The highest BCUT2D eigenvalue weighted by Gasteiger charge is 2.23. The van der Waals surface area contributed by atoms with Crippen LogP contribution in [0, 0.1) is 0 Å². The van der Waals surface area contributed by atoms with E-state index in [0.717, 1.165) is 44.0 Å². The molecule has 1 aliphatic heterocycles. The number of carbonyl (C=O) groups is 2. The minimum Gasteiger partial charge on any atom is -0.497 e. The average Bonchev–Trinajstić information content (AvgIpc) is 3.04. The van der Waals surface area contributed by atoms with E-state index in [1.165, 1.54) is 4.90 Å². The SMILES string of the molecule is CCOC(=O)CN(C(=O)CN1CCCN(c2ccc(OC)cc2)CC1)c1ccccc1. The molecule has 0 bridgehead atoms. The van der Waals surface area contributed by atoms with E-state index in [0.29, 0.717) is 12.3 Å². The number of benzene rings is 2. The van der Waals surface area contributed by atoms with Gasteiger partial charge in [-0.2, -0.15) is 0 Å². The standard InChI is InChI=1S/C24H31N3O4/c1-3-31-24(29)19-27(21-8-5-4-6-9-21)23(28)18-25-14-7-15-26(17-16-25)20-10-12-22(30-2)13-11-20/h4-6,8-13H,3,7,14-19H2,1-2H3. The molecular formula is C24H31N3O4. The van der Waals surface area contributed by atoms with Gasteiger partial charge in [-0.05, 0) is 49.7 Å². The Morgan fingerprint density at radius 2 is 1.71 bits per heavy atom. The van der Waals surface area contributed by atoms with E-state index in [-0.39, 0.29) is 19.0 Å². The molecule has 166 valence electrons. The monoisotopic (exact) mass is 425 g/mol. The molecule has 7 heteroatoms. The zero-order valence-electron chi connectivity index (χ0n) is 18.3. The van der Waals surface area contributed by atoms with E-state index in [1.54, 1.807) is 14.0 Å². The number of nitrogens with zero attached hydrogens (tertiary/aromatic N) is 3. The topological polar surface area (TPSA) is 62.3 Å². The van der Waals surface area contributed by atoms with E-state index in [4.69, 9.17) is 9.47 Å². The van der Waals surface area contributed by atoms with Crippen molar-refractivity contribution in [2.75, 3.05) is 62.8 Å². The quantitative estimate of drug-likeness (QED) is 0.606. The molecule has 0 aliphatic carbocycles. The van der Waals surface area contributed by atoms with E-state index < -0.39 is 5.97 Å². The highest BCUT2D eigenvalue weighted by molar-refractivity contribution is 5.98. The lowest BCUT2D eigenvalue weighted by molar-refractivity contribution is -0.142. The Bertz CT molecular complexity index is 842. The Kier molecular flexibility index (Phi) is 8.29. The molecule has 0 aromatic heterocycles. The van der Waals surface area contributed by atoms with Crippen LogP contribution in [0.4, 0.5) is 11.4 Å². The molecule has 3 rings (SSSR count). The van der Waals surface area contributed by atoms with Crippen LogP contribution in [0.25, 0.3) is 0 Å². The van der Waals surface area contributed by atoms with Crippen molar-refractivity contribution < 1.29 is 19.1 Å². The highest BCUT2D eigenvalue weighted by Crippen LogP contribution is 2.21. The largest absolute Gasteiger partial charge is 0.497 e. The molecule has 1 heterocycles. The van der Waals surface area contributed by atoms with Gasteiger partial charge in [0.25, 0.3) is 0 Å². The molecule has 0 N–H and O–H groups in total. The van der Waals surface area contributed by atoms with Gasteiger partial charge in [-0.25, -0.2) is 0 Å².